The topological polar surface area (TPSA) is 6.48 Å². The van der Waals surface area contributed by atoms with Gasteiger partial charge < -0.3 is 9.80 Å². The first-order valence-electron chi connectivity index (χ1n) is 11.1. The molecule has 3 rings (SSSR count). The normalized spacial score (nSPS) is 21.8. The second-order valence-electron chi connectivity index (χ2n) is 9.29. The van der Waals surface area contributed by atoms with Crippen LogP contribution in [0.3, 0.4) is 0 Å². The number of likely N-dealkylation sites (tertiary alicyclic amines) is 2. The SMILES string of the molecule is CC(C)c1ccc(CCN2CCC(C3CCN(C(C)C)CC3)CC2)cc1. The van der Waals surface area contributed by atoms with E-state index in [1.807, 2.05) is 0 Å². The van der Waals surface area contributed by atoms with Gasteiger partial charge in [-0.3, -0.25) is 0 Å². The van der Waals surface area contributed by atoms with Crippen molar-refractivity contribution in [3.63, 3.8) is 0 Å². The van der Waals surface area contributed by atoms with E-state index in [1.165, 1.54) is 76.0 Å². The molecule has 1 aromatic carbocycles. The highest BCUT2D eigenvalue weighted by atomic mass is 15.2. The summed E-state index contributed by atoms with van der Waals surface area (Å²) in [5.74, 6) is 2.62. The molecular formula is C24H40N2. The molecule has 0 amide bonds. The minimum atomic E-state index is 0.635. The van der Waals surface area contributed by atoms with Gasteiger partial charge in [-0.2, -0.15) is 0 Å². The average molecular weight is 357 g/mol. The lowest BCUT2D eigenvalue weighted by atomic mass is 9.78. The molecule has 146 valence electrons. The maximum Gasteiger partial charge on any atom is 0.00385 e. The zero-order chi connectivity index (χ0) is 18.5. The first-order chi connectivity index (χ1) is 12.5. The molecule has 0 radical (unpaired) electrons. The first-order valence-corrected chi connectivity index (χ1v) is 11.1. The minimum Gasteiger partial charge on any atom is -0.303 e. The fraction of sp³-hybridized carbons (Fsp3) is 0.750. The molecule has 0 aliphatic carbocycles. The van der Waals surface area contributed by atoms with E-state index in [1.54, 1.807) is 0 Å². The van der Waals surface area contributed by atoms with Gasteiger partial charge in [-0.15, -0.1) is 0 Å². The molecule has 2 fully saturated rings. The van der Waals surface area contributed by atoms with Gasteiger partial charge in [-0.25, -0.2) is 0 Å². The number of rotatable bonds is 6. The summed E-state index contributed by atoms with van der Waals surface area (Å²) < 4.78 is 0. The molecule has 0 unspecified atom stereocenters. The molecule has 0 N–H and O–H groups in total. The molecule has 0 bridgehead atoms. The van der Waals surface area contributed by atoms with E-state index in [9.17, 15) is 0 Å². The Morgan fingerprint density at radius 3 is 1.85 bits per heavy atom. The van der Waals surface area contributed by atoms with Crippen LogP contribution < -0.4 is 0 Å². The van der Waals surface area contributed by atoms with E-state index in [0.717, 1.165) is 17.9 Å². The zero-order valence-corrected chi connectivity index (χ0v) is 17.6. The van der Waals surface area contributed by atoms with E-state index in [4.69, 9.17) is 0 Å². The van der Waals surface area contributed by atoms with Gasteiger partial charge in [-0.05, 0) is 101 Å². The standard InChI is InChI=1S/C24H40N2/c1-19(2)22-7-5-21(6-8-22)9-14-25-15-10-23(11-16-25)24-12-17-26(18-13-24)20(3)4/h5-8,19-20,23-24H,9-18H2,1-4H3. The van der Waals surface area contributed by atoms with Crippen molar-refractivity contribution in [2.24, 2.45) is 11.8 Å². The summed E-state index contributed by atoms with van der Waals surface area (Å²) in [6.45, 7) is 15.8. The molecule has 2 nitrogen and oxygen atoms in total. The maximum atomic E-state index is 2.70. The number of nitrogens with zero attached hydrogens (tertiary/aromatic N) is 2. The largest absolute Gasteiger partial charge is 0.303 e. The molecule has 0 atom stereocenters. The minimum absolute atomic E-state index is 0.635. The lowest BCUT2D eigenvalue weighted by Crippen LogP contribution is -2.43. The van der Waals surface area contributed by atoms with Crippen molar-refractivity contribution in [3.8, 4) is 0 Å². The Labute approximate surface area is 162 Å². The van der Waals surface area contributed by atoms with Crippen LogP contribution in [0.25, 0.3) is 0 Å². The van der Waals surface area contributed by atoms with Crippen LogP contribution in [0.4, 0.5) is 0 Å². The van der Waals surface area contributed by atoms with Gasteiger partial charge in [0.1, 0.15) is 0 Å². The van der Waals surface area contributed by atoms with Crippen LogP contribution in [0.5, 0.6) is 0 Å². The molecule has 2 aliphatic rings. The summed E-state index contributed by atoms with van der Waals surface area (Å²) in [5, 5.41) is 0. The fourth-order valence-electron chi connectivity index (χ4n) is 4.91. The number of benzene rings is 1. The molecular weight excluding hydrogens is 316 g/mol. The summed E-state index contributed by atoms with van der Waals surface area (Å²) in [5.41, 5.74) is 2.95. The number of piperidine rings is 2. The molecule has 1 aromatic rings. The lowest BCUT2D eigenvalue weighted by molar-refractivity contribution is 0.0842. The molecule has 0 aromatic heterocycles. The van der Waals surface area contributed by atoms with Crippen molar-refractivity contribution < 1.29 is 0 Å². The molecule has 26 heavy (non-hydrogen) atoms. The highest BCUT2D eigenvalue weighted by molar-refractivity contribution is 5.24. The highest BCUT2D eigenvalue weighted by Crippen LogP contribution is 2.33. The highest BCUT2D eigenvalue weighted by Gasteiger charge is 2.29. The smallest absolute Gasteiger partial charge is 0.00385 e. The Balaban J connectivity index is 1.37. The van der Waals surface area contributed by atoms with Crippen LogP contribution in [0.15, 0.2) is 24.3 Å². The Bertz CT molecular complexity index is 518. The maximum absolute atomic E-state index is 2.70. The Kier molecular flexibility index (Phi) is 7.17. The van der Waals surface area contributed by atoms with Gasteiger partial charge in [0, 0.05) is 12.6 Å². The summed E-state index contributed by atoms with van der Waals surface area (Å²) in [6.07, 6.45) is 6.93. The van der Waals surface area contributed by atoms with Gasteiger partial charge in [0.05, 0.1) is 0 Å². The van der Waals surface area contributed by atoms with E-state index in [2.05, 4.69) is 61.8 Å². The number of hydrogen-bond acceptors (Lipinski definition) is 2. The summed E-state index contributed by atoms with van der Waals surface area (Å²) in [6, 6.07) is 10.0. The third-order valence-electron chi connectivity index (χ3n) is 6.97. The van der Waals surface area contributed by atoms with E-state index < -0.39 is 0 Å². The molecule has 2 heterocycles. The van der Waals surface area contributed by atoms with E-state index in [-0.39, 0.29) is 0 Å². The van der Waals surface area contributed by atoms with Gasteiger partial charge in [-0.1, -0.05) is 38.1 Å². The van der Waals surface area contributed by atoms with Crippen LogP contribution in [-0.2, 0) is 6.42 Å². The Hall–Kier alpha value is -0.860. The zero-order valence-electron chi connectivity index (χ0n) is 17.6. The average Bonchev–Trinajstić information content (AvgIpc) is 2.67. The summed E-state index contributed by atoms with van der Waals surface area (Å²) in [4.78, 5) is 5.37. The van der Waals surface area contributed by atoms with E-state index >= 15 is 0 Å². The summed E-state index contributed by atoms with van der Waals surface area (Å²) >= 11 is 0. The van der Waals surface area contributed by atoms with Crippen LogP contribution in [0, 0.1) is 11.8 Å². The van der Waals surface area contributed by atoms with Gasteiger partial charge >= 0.3 is 0 Å². The molecule has 2 heteroatoms. The van der Waals surface area contributed by atoms with Gasteiger partial charge in [0.25, 0.3) is 0 Å². The molecule has 2 aliphatic heterocycles. The Morgan fingerprint density at radius 1 is 0.808 bits per heavy atom. The van der Waals surface area contributed by atoms with Crippen LogP contribution in [0.1, 0.15) is 70.4 Å². The summed E-state index contributed by atoms with van der Waals surface area (Å²) in [7, 11) is 0. The second-order valence-corrected chi connectivity index (χ2v) is 9.29. The van der Waals surface area contributed by atoms with Gasteiger partial charge in [0.2, 0.25) is 0 Å². The quantitative estimate of drug-likeness (QED) is 0.692. The predicted octanol–water partition coefficient (Wildman–Crippen LogP) is 5.18. The molecule has 2 saturated heterocycles. The van der Waals surface area contributed by atoms with Crippen molar-refractivity contribution in [1.29, 1.82) is 0 Å². The van der Waals surface area contributed by atoms with Crippen LogP contribution in [-0.4, -0.2) is 48.6 Å². The van der Waals surface area contributed by atoms with Crippen molar-refractivity contribution in [2.45, 2.75) is 71.8 Å². The van der Waals surface area contributed by atoms with Crippen molar-refractivity contribution in [2.75, 3.05) is 32.7 Å². The third-order valence-corrected chi connectivity index (χ3v) is 6.97. The lowest BCUT2D eigenvalue weighted by Gasteiger charge is -2.41. The van der Waals surface area contributed by atoms with Crippen molar-refractivity contribution in [1.82, 2.24) is 9.80 Å². The fourth-order valence-corrected chi connectivity index (χ4v) is 4.91. The first kappa shape index (κ1) is 19.9. The molecule has 0 spiro atoms. The van der Waals surface area contributed by atoms with Crippen LogP contribution >= 0.6 is 0 Å². The van der Waals surface area contributed by atoms with Crippen LogP contribution in [0.2, 0.25) is 0 Å². The second kappa shape index (κ2) is 9.37. The predicted molar refractivity (Wildman–Crippen MR) is 113 cm³/mol. The Morgan fingerprint density at radius 2 is 1.35 bits per heavy atom. The molecule has 0 saturated carbocycles. The third kappa shape index (κ3) is 5.33. The monoisotopic (exact) mass is 356 g/mol. The van der Waals surface area contributed by atoms with Crippen molar-refractivity contribution >= 4 is 0 Å². The van der Waals surface area contributed by atoms with E-state index in [0.29, 0.717) is 5.92 Å². The van der Waals surface area contributed by atoms with Crippen molar-refractivity contribution in [3.05, 3.63) is 35.4 Å². The number of hydrogen-bond donors (Lipinski definition) is 0. The van der Waals surface area contributed by atoms with Gasteiger partial charge in [0.15, 0.2) is 0 Å².